The van der Waals surface area contributed by atoms with Gasteiger partial charge in [0.25, 0.3) is 0 Å². The van der Waals surface area contributed by atoms with Gasteiger partial charge < -0.3 is 9.80 Å². The third kappa shape index (κ3) is 12.7. The molecule has 2 nitrogen and oxygen atoms in total. The topological polar surface area (TPSA) is 6.48 Å². The first kappa shape index (κ1) is 42.4. The smallest absolute Gasteiger partial charge is 0.0493 e. The summed E-state index contributed by atoms with van der Waals surface area (Å²) in [6, 6.07) is 75.5. The van der Waals surface area contributed by atoms with Gasteiger partial charge in [0.2, 0.25) is 0 Å². The lowest BCUT2D eigenvalue weighted by Crippen LogP contribution is -2.13. The lowest BCUT2D eigenvalue weighted by atomic mass is 10.1. The van der Waals surface area contributed by atoms with Gasteiger partial charge in [-0.1, -0.05) is 205 Å². The maximum Gasteiger partial charge on any atom is 0.0493 e. The Hall–Kier alpha value is -4.72. The van der Waals surface area contributed by atoms with Crippen molar-refractivity contribution in [1.82, 2.24) is 0 Å². The van der Waals surface area contributed by atoms with Crippen molar-refractivity contribution in [2.75, 3.05) is 9.80 Å². The molecule has 0 saturated carbocycles. The van der Waals surface area contributed by atoms with Gasteiger partial charge in [-0.15, -0.1) is 0 Å². The number of anilines is 6. The van der Waals surface area contributed by atoms with E-state index in [0.717, 1.165) is 58.4 Å². The molecule has 0 radical (unpaired) electrons. The van der Waals surface area contributed by atoms with E-state index in [1.807, 2.05) is 42.5 Å². The summed E-state index contributed by atoms with van der Waals surface area (Å²) in [5.74, 6) is 0. The van der Waals surface area contributed by atoms with Crippen molar-refractivity contribution in [3.63, 3.8) is 0 Å². The molecule has 0 amide bonds. The van der Waals surface area contributed by atoms with Gasteiger partial charge in [0.05, 0.1) is 0 Å². The van der Waals surface area contributed by atoms with Crippen LogP contribution in [0.2, 0.25) is 0 Å². The lowest BCUT2D eigenvalue weighted by molar-refractivity contribution is 1.19. The number of halogens is 4. The fourth-order valence-electron chi connectivity index (χ4n) is 5.97. The van der Waals surface area contributed by atoms with Crippen LogP contribution in [-0.4, -0.2) is 0 Å². The average molecular weight is 991 g/mol. The molecule has 0 bridgehead atoms. The van der Waals surface area contributed by atoms with Gasteiger partial charge in [-0.25, -0.2) is 0 Å². The van der Waals surface area contributed by atoms with E-state index in [9.17, 15) is 0 Å². The van der Waals surface area contributed by atoms with E-state index in [2.05, 4.69) is 249 Å². The van der Waals surface area contributed by atoms with Crippen LogP contribution in [0.3, 0.4) is 0 Å². The Kier molecular flexibility index (Phi) is 16.8. The Balaban J connectivity index is 0.000000213. The predicted octanol–water partition coefficient (Wildman–Crippen LogP) is 17.3. The zero-order valence-corrected chi connectivity index (χ0v) is 36.2. The van der Waals surface area contributed by atoms with Crippen molar-refractivity contribution in [3.05, 3.63) is 247 Å². The van der Waals surface area contributed by atoms with Crippen molar-refractivity contribution in [3.8, 4) is 0 Å². The van der Waals surface area contributed by atoms with Crippen LogP contribution in [0, 0.1) is 0 Å². The molecule has 0 unspecified atom stereocenters. The Morgan fingerprint density at radius 2 is 0.500 bits per heavy atom. The van der Waals surface area contributed by atoms with Gasteiger partial charge in [0.1, 0.15) is 0 Å². The molecule has 0 saturated heterocycles. The second-order valence-electron chi connectivity index (χ2n) is 12.4. The number of hydrogen-bond donors (Lipinski definition) is 0. The second-order valence-corrected chi connectivity index (χ2v) is 16.1. The number of hydrogen-bond acceptors (Lipinski definition) is 2. The zero-order valence-electron chi connectivity index (χ0n) is 29.9. The number of para-hydroxylation sites is 4. The summed E-state index contributed by atoms with van der Waals surface area (Å²) in [6.45, 7) is 0. The van der Waals surface area contributed by atoms with E-state index in [1.165, 1.54) is 11.1 Å². The molecule has 280 valence electrons. The van der Waals surface area contributed by atoms with Crippen molar-refractivity contribution < 1.29 is 0 Å². The molecule has 0 N–H and O–H groups in total. The maximum atomic E-state index is 3.79. The number of benzene rings is 8. The largest absolute Gasteiger partial charge is 0.310 e. The first-order valence-corrected chi connectivity index (χ1v) is 20.9. The molecule has 0 heterocycles. The quantitative estimate of drug-likeness (QED) is 0.150. The minimum Gasteiger partial charge on any atom is -0.310 e. The molecule has 8 aromatic rings. The molecular formula is C50H42Br4N2. The fraction of sp³-hybridized carbons (Fsp3) is 0.0400. The standard InChI is InChI=1S/C30H23BrN2.C13H12.C6H3Br3.CH4/c31-24-21-29(32(25-13-5-1-6-14-25)26-15-7-2-8-16-26)23-30(22-24)33(27-17-9-3-10-18-27)28-19-11-4-12-20-28;1-3-7-12(8-4-1)11-13-9-5-2-6-10-13;7-4-1-5(8)3-6(9)2-4;/h1-23H;1-10H,11H2;1-3H;1H4. The van der Waals surface area contributed by atoms with Crippen molar-refractivity contribution in [2.24, 2.45) is 0 Å². The van der Waals surface area contributed by atoms with Gasteiger partial charge in [-0.3, -0.25) is 0 Å². The number of rotatable bonds is 8. The van der Waals surface area contributed by atoms with Crippen LogP contribution in [0.25, 0.3) is 0 Å². The summed E-state index contributed by atoms with van der Waals surface area (Å²) in [7, 11) is 0. The van der Waals surface area contributed by atoms with Gasteiger partial charge in [0, 0.05) is 52.0 Å². The van der Waals surface area contributed by atoms with Crippen molar-refractivity contribution >= 4 is 97.8 Å². The highest BCUT2D eigenvalue weighted by Crippen LogP contribution is 2.42. The van der Waals surface area contributed by atoms with Crippen LogP contribution >= 0.6 is 63.7 Å². The molecule has 0 aliphatic carbocycles. The normalized spacial score (nSPS) is 10.1. The van der Waals surface area contributed by atoms with Crippen LogP contribution < -0.4 is 9.80 Å². The first-order valence-electron chi connectivity index (χ1n) is 17.7. The van der Waals surface area contributed by atoms with E-state index in [1.54, 1.807) is 0 Å². The third-order valence-electron chi connectivity index (χ3n) is 8.36. The molecule has 8 rings (SSSR count). The summed E-state index contributed by atoms with van der Waals surface area (Å²) >= 11 is 13.8. The fourth-order valence-corrected chi connectivity index (χ4v) is 8.84. The summed E-state index contributed by atoms with van der Waals surface area (Å²) in [4.78, 5) is 4.56. The average Bonchev–Trinajstić information content (AvgIpc) is 3.20. The Morgan fingerprint density at radius 1 is 0.268 bits per heavy atom. The highest BCUT2D eigenvalue weighted by atomic mass is 79.9. The molecule has 8 aromatic carbocycles. The Morgan fingerprint density at radius 3 is 0.768 bits per heavy atom. The Labute approximate surface area is 366 Å². The molecule has 0 aliphatic heterocycles. The van der Waals surface area contributed by atoms with E-state index >= 15 is 0 Å². The van der Waals surface area contributed by atoms with E-state index < -0.39 is 0 Å². The summed E-state index contributed by atoms with van der Waals surface area (Å²) in [5, 5.41) is 0. The molecule has 0 aromatic heterocycles. The van der Waals surface area contributed by atoms with Gasteiger partial charge in [0.15, 0.2) is 0 Å². The highest BCUT2D eigenvalue weighted by Gasteiger charge is 2.18. The summed E-state index contributed by atoms with van der Waals surface area (Å²) < 4.78 is 4.24. The molecule has 6 heteroatoms. The van der Waals surface area contributed by atoms with E-state index in [-0.39, 0.29) is 7.43 Å². The van der Waals surface area contributed by atoms with Crippen LogP contribution in [0.1, 0.15) is 18.6 Å². The van der Waals surface area contributed by atoms with Gasteiger partial charge in [-0.05, 0) is 102 Å². The Bertz CT molecular complexity index is 2060. The highest BCUT2D eigenvalue weighted by molar-refractivity contribution is 9.11. The molecule has 0 aliphatic rings. The van der Waals surface area contributed by atoms with Gasteiger partial charge in [-0.2, -0.15) is 0 Å². The molecule has 0 atom stereocenters. The molecule has 0 spiro atoms. The second kappa shape index (κ2) is 22.1. The van der Waals surface area contributed by atoms with Crippen molar-refractivity contribution in [2.45, 2.75) is 13.8 Å². The van der Waals surface area contributed by atoms with Gasteiger partial charge >= 0.3 is 0 Å². The zero-order chi connectivity index (χ0) is 38.2. The van der Waals surface area contributed by atoms with E-state index in [4.69, 9.17) is 0 Å². The minimum absolute atomic E-state index is 0. The summed E-state index contributed by atoms with van der Waals surface area (Å²) in [6.07, 6.45) is 1.03. The molecule has 0 fully saturated rings. The lowest BCUT2D eigenvalue weighted by Gasteiger charge is -2.29. The van der Waals surface area contributed by atoms with Crippen LogP contribution in [-0.2, 0) is 6.42 Å². The van der Waals surface area contributed by atoms with Crippen molar-refractivity contribution in [1.29, 1.82) is 0 Å². The first-order chi connectivity index (χ1) is 26.9. The molecular weight excluding hydrogens is 948 g/mol. The third-order valence-corrected chi connectivity index (χ3v) is 10.2. The minimum atomic E-state index is 0. The number of nitrogens with zero attached hydrogens (tertiary/aromatic N) is 2. The van der Waals surface area contributed by atoms with Crippen LogP contribution in [0.4, 0.5) is 34.1 Å². The SMILES string of the molecule is Brc1cc(Br)cc(Br)c1.Brc1cc(N(c2ccccc2)c2ccccc2)cc(N(c2ccccc2)c2ccccc2)c1.C.c1ccc(Cc2ccccc2)cc1. The van der Waals surface area contributed by atoms with E-state index in [0.29, 0.717) is 0 Å². The van der Waals surface area contributed by atoms with Crippen LogP contribution in [0.5, 0.6) is 0 Å². The molecule has 56 heavy (non-hydrogen) atoms. The predicted molar refractivity (Wildman–Crippen MR) is 255 cm³/mol. The maximum absolute atomic E-state index is 3.79. The monoisotopic (exact) mass is 986 g/mol. The summed E-state index contributed by atoms with van der Waals surface area (Å²) in [5.41, 5.74) is 9.33. The van der Waals surface area contributed by atoms with Crippen LogP contribution in [0.15, 0.2) is 236 Å².